The molecule has 1 aromatic heterocycles. The SMILES string of the molecule is O=C(CCc1ccc2c(=O)[nH]ccc2c1)Nc1ccccc1C(=O)O. The number of H-pyrrole nitrogens is 1. The van der Waals surface area contributed by atoms with Crippen LogP contribution in [0.4, 0.5) is 5.69 Å². The van der Waals surface area contributed by atoms with Crippen LogP contribution in [-0.2, 0) is 11.2 Å². The minimum Gasteiger partial charge on any atom is -0.478 e. The Morgan fingerprint density at radius 3 is 2.68 bits per heavy atom. The minimum atomic E-state index is -1.09. The Morgan fingerprint density at radius 1 is 1.08 bits per heavy atom. The summed E-state index contributed by atoms with van der Waals surface area (Å²) < 4.78 is 0. The Bertz CT molecular complexity index is 1010. The molecule has 0 spiro atoms. The number of carbonyl (C=O) groups excluding carboxylic acids is 1. The molecule has 3 N–H and O–H groups in total. The highest BCUT2D eigenvalue weighted by atomic mass is 16.4. The summed E-state index contributed by atoms with van der Waals surface area (Å²) in [5.41, 5.74) is 1.12. The fraction of sp³-hybridized carbons (Fsp3) is 0.105. The van der Waals surface area contributed by atoms with E-state index in [0.717, 1.165) is 10.9 Å². The van der Waals surface area contributed by atoms with E-state index in [1.807, 2.05) is 18.2 Å². The van der Waals surface area contributed by atoms with Crippen molar-refractivity contribution < 1.29 is 14.7 Å². The van der Waals surface area contributed by atoms with Gasteiger partial charge in [0.1, 0.15) is 0 Å². The zero-order chi connectivity index (χ0) is 17.8. The number of aromatic nitrogens is 1. The van der Waals surface area contributed by atoms with Crippen molar-refractivity contribution in [2.75, 3.05) is 5.32 Å². The first-order valence-corrected chi connectivity index (χ1v) is 7.77. The molecule has 0 aliphatic carbocycles. The van der Waals surface area contributed by atoms with Crippen molar-refractivity contribution in [3.63, 3.8) is 0 Å². The highest BCUT2D eigenvalue weighted by Gasteiger charge is 2.11. The van der Waals surface area contributed by atoms with Gasteiger partial charge >= 0.3 is 5.97 Å². The van der Waals surface area contributed by atoms with Crippen LogP contribution in [0.5, 0.6) is 0 Å². The molecule has 126 valence electrons. The van der Waals surface area contributed by atoms with Crippen LogP contribution in [0.3, 0.4) is 0 Å². The van der Waals surface area contributed by atoms with Gasteiger partial charge < -0.3 is 15.4 Å². The van der Waals surface area contributed by atoms with E-state index in [2.05, 4.69) is 10.3 Å². The lowest BCUT2D eigenvalue weighted by Gasteiger charge is -2.08. The zero-order valence-corrected chi connectivity index (χ0v) is 13.3. The highest BCUT2D eigenvalue weighted by Crippen LogP contribution is 2.16. The fourth-order valence-corrected chi connectivity index (χ4v) is 2.65. The molecular formula is C19H16N2O4. The highest BCUT2D eigenvalue weighted by molar-refractivity contribution is 6.00. The zero-order valence-electron chi connectivity index (χ0n) is 13.3. The maximum atomic E-state index is 12.1. The third kappa shape index (κ3) is 3.74. The van der Waals surface area contributed by atoms with E-state index < -0.39 is 5.97 Å². The van der Waals surface area contributed by atoms with Gasteiger partial charge in [0, 0.05) is 18.0 Å². The normalized spacial score (nSPS) is 10.6. The first-order chi connectivity index (χ1) is 12.0. The number of anilines is 1. The lowest BCUT2D eigenvalue weighted by Crippen LogP contribution is -2.15. The molecule has 25 heavy (non-hydrogen) atoms. The second kappa shape index (κ2) is 7.00. The van der Waals surface area contributed by atoms with Gasteiger partial charge in [0.15, 0.2) is 0 Å². The van der Waals surface area contributed by atoms with Gasteiger partial charge in [-0.25, -0.2) is 4.79 Å². The van der Waals surface area contributed by atoms with Crippen LogP contribution in [0.15, 0.2) is 59.5 Å². The summed E-state index contributed by atoms with van der Waals surface area (Å²) in [4.78, 5) is 37.6. The first kappa shape index (κ1) is 16.4. The van der Waals surface area contributed by atoms with Gasteiger partial charge in [0.05, 0.1) is 11.3 Å². The van der Waals surface area contributed by atoms with Crippen LogP contribution >= 0.6 is 0 Å². The van der Waals surface area contributed by atoms with Gasteiger partial charge in [-0.15, -0.1) is 0 Å². The van der Waals surface area contributed by atoms with Gasteiger partial charge in [-0.3, -0.25) is 9.59 Å². The molecule has 1 heterocycles. The maximum absolute atomic E-state index is 12.1. The summed E-state index contributed by atoms with van der Waals surface area (Å²) in [6.45, 7) is 0. The van der Waals surface area contributed by atoms with Gasteiger partial charge in [-0.1, -0.05) is 24.3 Å². The summed E-state index contributed by atoms with van der Waals surface area (Å²) in [5.74, 6) is -1.35. The molecule has 6 heteroatoms. The molecule has 0 saturated heterocycles. The number of hydrogen-bond acceptors (Lipinski definition) is 3. The Hall–Kier alpha value is -3.41. The molecule has 0 atom stereocenters. The van der Waals surface area contributed by atoms with Crippen molar-refractivity contribution in [3.8, 4) is 0 Å². The molecule has 0 saturated carbocycles. The van der Waals surface area contributed by atoms with Gasteiger partial charge in [0.25, 0.3) is 5.56 Å². The van der Waals surface area contributed by atoms with Crippen LogP contribution in [0, 0.1) is 0 Å². The van der Waals surface area contributed by atoms with Crippen LogP contribution in [0.1, 0.15) is 22.3 Å². The number of rotatable bonds is 5. The van der Waals surface area contributed by atoms with Crippen LogP contribution in [0.25, 0.3) is 10.8 Å². The quantitative estimate of drug-likeness (QED) is 0.667. The van der Waals surface area contributed by atoms with E-state index in [9.17, 15) is 14.4 Å². The Balaban J connectivity index is 1.69. The van der Waals surface area contributed by atoms with E-state index in [0.29, 0.717) is 11.8 Å². The molecule has 0 unspecified atom stereocenters. The number of carboxylic acids is 1. The van der Waals surface area contributed by atoms with Crippen molar-refractivity contribution in [2.24, 2.45) is 0 Å². The number of carbonyl (C=O) groups is 2. The number of nitrogens with one attached hydrogen (secondary N) is 2. The van der Waals surface area contributed by atoms with Crippen LogP contribution < -0.4 is 10.9 Å². The lowest BCUT2D eigenvalue weighted by molar-refractivity contribution is -0.116. The predicted octanol–water partition coefficient (Wildman–Crippen LogP) is 2.80. The second-order valence-corrected chi connectivity index (χ2v) is 5.63. The number of benzene rings is 2. The van der Waals surface area contributed by atoms with Crippen LogP contribution in [-0.4, -0.2) is 22.0 Å². The third-order valence-corrected chi connectivity index (χ3v) is 3.91. The molecule has 0 radical (unpaired) electrons. The van der Waals surface area contributed by atoms with Crippen LogP contribution in [0.2, 0.25) is 0 Å². The number of para-hydroxylation sites is 1. The molecule has 0 bridgehead atoms. The Labute approximate surface area is 143 Å². The number of amides is 1. The lowest BCUT2D eigenvalue weighted by atomic mass is 10.0. The average molecular weight is 336 g/mol. The summed E-state index contributed by atoms with van der Waals surface area (Å²) in [6, 6.07) is 13.5. The topological polar surface area (TPSA) is 99.3 Å². The van der Waals surface area contributed by atoms with Crippen molar-refractivity contribution in [1.29, 1.82) is 0 Å². The second-order valence-electron chi connectivity index (χ2n) is 5.63. The third-order valence-electron chi connectivity index (χ3n) is 3.91. The van der Waals surface area contributed by atoms with E-state index in [1.54, 1.807) is 30.5 Å². The van der Waals surface area contributed by atoms with Crippen molar-refractivity contribution in [1.82, 2.24) is 4.98 Å². The summed E-state index contributed by atoms with van der Waals surface area (Å²) in [7, 11) is 0. The molecule has 1 amide bonds. The monoisotopic (exact) mass is 336 g/mol. The largest absolute Gasteiger partial charge is 0.478 e. The van der Waals surface area contributed by atoms with E-state index >= 15 is 0 Å². The van der Waals surface area contributed by atoms with Crippen molar-refractivity contribution in [2.45, 2.75) is 12.8 Å². The smallest absolute Gasteiger partial charge is 0.337 e. The van der Waals surface area contributed by atoms with Crippen molar-refractivity contribution in [3.05, 3.63) is 76.2 Å². The number of fused-ring (bicyclic) bond motifs is 1. The maximum Gasteiger partial charge on any atom is 0.337 e. The average Bonchev–Trinajstić information content (AvgIpc) is 2.60. The molecular weight excluding hydrogens is 320 g/mol. The first-order valence-electron chi connectivity index (χ1n) is 7.77. The fourth-order valence-electron chi connectivity index (χ4n) is 2.65. The number of hydrogen-bond donors (Lipinski definition) is 3. The predicted molar refractivity (Wildman–Crippen MR) is 94.9 cm³/mol. The van der Waals surface area contributed by atoms with E-state index in [4.69, 9.17) is 5.11 Å². The Kier molecular flexibility index (Phi) is 4.61. The minimum absolute atomic E-state index is 0.0563. The van der Waals surface area contributed by atoms with E-state index in [-0.39, 0.29) is 29.1 Å². The molecule has 3 rings (SSSR count). The summed E-state index contributed by atoms with van der Waals surface area (Å²) in [6.07, 6.45) is 2.29. The molecule has 2 aromatic carbocycles. The van der Waals surface area contributed by atoms with Gasteiger partial charge in [0.2, 0.25) is 5.91 Å². The van der Waals surface area contributed by atoms with Gasteiger partial charge in [-0.2, -0.15) is 0 Å². The van der Waals surface area contributed by atoms with Gasteiger partial charge in [-0.05, 0) is 41.6 Å². The molecule has 6 nitrogen and oxygen atoms in total. The summed E-state index contributed by atoms with van der Waals surface area (Å²) in [5, 5.41) is 13.2. The number of aromatic carboxylic acids is 1. The molecule has 0 aliphatic heterocycles. The number of aryl methyl sites for hydroxylation is 1. The van der Waals surface area contributed by atoms with E-state index in [1.165, 1.54) is 6.07 Å². The molecule has 0 fully saturated rings. The standard InChI is InChI=1S/C19H16N2O4/c22-17(21-16-4-2-1-3-15(16)19(24)25)8-6-12-5-7-14-13(11-12)9-10-20-18(14)23/h1-5,7,9-11H,6,8H2,(H,20,23)(H,21,22)(H,24,25). The summed E-state index contributed by atoms with van der Waals surface area (Å²) >= 11 is 0. The number of pyridine rings is 1. The number of carboxylic acid groups (broad SMARTS) is 1. The Morgan fingerprint density at radius 2 is 1.88 bits per heavy atom. The number of aromatic amines is 1. The molecule has 0 aliphatic rings. The van der Waals surface area contributed by atoms with Crippen molar-refractivity contribution >= 4 is 28.3 Å². The molecule has 3 aromatic rings.